The number of carbonyl (C=O) groups excluding carboxylic acids is 3. The monoisotopic (exact) mass is 731 g/mol. The lowest BCUT2D eigenvalue weighted by molar-refractivity contribution is -0.144. The third kappa shape index (κ3) is 5.70. The Morgan fingerprint density at radius 1 is 1.02 bits per heavy atom. The third-order valence-electron chi connectivity index (χ3n) is 9.85. The zero-order valence-electron chi connectivity index (χ0n) is 26.8. The van der Waals surface area contributed by atoms with Crippen molar-refractivity contribution in [3.8, 4) is 0 Å². The number of aryl methyl sites for hydroxylation is 1. The molecule has 3 amide bonds. The first-order valence-electron chi connectivity index (χ1n) is 16.1. The van der Waals surface area contributed by atoms with Crippen molar-refractivity contribution in [3.05, 3.63) is 120 Å². The number of carbonyl (C=O) groups is 3. The normalized spacial score (nSPS) is 26.2. The minimum atomic E-state index is -1.34. The van der Waals surface area contributed by atoms with E-state index in [0.717, 1.165) is 11.1 Å². The lowest BCUT2D eigenvalue weighted by Gasteiger charge is -2.40. The molecule has 0 radical (unpaired) electrons. The summed E-state index contributed by atoms with van der Waals surface area (Å²) in [6.07, 6.45) is 3.23. The summed E-state index contributed by atoms with van der Waals surface area (Å²) in [5, 5.41) is 11.3. The number of benzene rings is 3. The average molecular weight is 733 g/mol. The molecule has 3 aliphatic heterocycles. The van der Waals surface area contributed by atoms with Gasteiger partial charge in [0.05, 0.1) is 41.3 Å². The SMILES string of the molecule is C=CCN(C(=O)[C@H]1[C@@H]2OC3(CC2Br)C(C(=O)N(CC=C)c2c(C)cccc2Cl)N([C@@H](CO)Cc2ccccc2)C(=O)[C@H]13)c1ccccc1. The second-order valence-electron chi connectivity index (χ2n) is 12.7. The summed E-state index contributed by atoms with van der Waals surface area (Å²) in [5.41, 5.74) is 1.51. The molecule has 1 spiro atoms. The van der Waals surface area contributed by atoms with Crippen LogP contribution in [0.1, 0.15) is 17.5 Å². The highest BCUT2D eigenvalue weighted by Crippen LogP contribution is 2.61. The molecule has 0 aliphatic carbocycles. The van der Waals surface area contributed by atoms with Crippen LogP contribution in [0, 0.1) is 18.8 Å². The summed E-state index contributed by atoms with van der Waals surface area (Å²) >= 11 is 10.5. The molecule has 250 valence electrons. The van der Waals surface area contributed by atoms with Gasteiger partial charge in [-0.25, -0.2) is 0 Å². The number of anilines is 2. The molecule has 3 unspecified atom stereocenters. The van der Waals surface area contributed by atoms with E-state index < -0.39 is 48.1 Å². The third-order valence-corrected chi connectivity index (χ3v) is 11.0. The van der Waals surface area contributed by atoms with Gasteiger partial charge in [0.1, 0.15) is 11.6 Å². The number of alkyl halides is 1. The van der Waals surface area contributed by atoms with Crippen LogP contribution in [0.2, 0.25) is 5.02 Å². The number of ether oxygens (including phenoxy) is 1. The zero-order valence-corrected chi connectivity index (χ0v) is 29.1. The van der Waals surface area contributed by atoms with Crippen molar-refractivity contribution in [2.75, 3.05) is 29.5 Å². The molecule has 2 bridgehead atoms. The molecule has 6 rings (SSSR count). The lowest BCUT2D eigenvalue weighted by Crippen LogP contribution is -2.59. The van der Waals surface area contributed by atoms with Crippen molar-refractivity contribution in [3.63, 3.8) is 0 Å². The summed E-state index contributed by atoms with van der Waals surface area (Å²) in [7, 11) is 0. The second-order valence-corrected chi connectivity index (χ2v) is 14.2. The number of hydrogen-bond acceptors (Lipinski definition) is 5. The van der Waals surface area contributed by atoms with Gasteiger partial charge in [0.25, 0.3) is 5.91 Å². The van der Waals surface area contributed by atoms with E-state index in [1.54, 1.807) is 28.0 Å². The maximum atomic E-state index is 15.2. The topological polar surface area (TPSA) is 90.4 Å². The number of amides is 3. The fourth-order valence-corrected chi connectivity index (χ4v) is 9.20. The number of nitrogens with zero attached hydrogens (tertiary/aromatic N) is 3. The standard InChI is InChI=1S/C38H39BrClN3O5/c1-4-19-41(26-16-10-7-11-17-26)35(45)30-31-36(46)43(27(23-44)21-25-14-8-6-9-15-25)34(38(31)22-28(39)33(30)48-38)37(47)42(20-5-2)32-24(3)13-12-18-29(32)40/h4-18,27-28,30-31,33-34,44H,1-2,19-23H2,3H3/t27-,28?,30-,31+,33-,34?,38?/m1/s1. The summed E-state index contributed by atoms with van der Waals surface area (Å²) < 4.78 is 6.83. The first-order chi connectivity index (χ1) is 23.2. The number of hydrogen-bond donors (Lipinski definition) is 1. The van der Waals surface area contributed by atoms with E-state index in [0.29, 0.717) is 29.2 Å². The Hall–Kier alpha value is -3.76. The van der Waals surface area contributed by atoms with E-state index in [1.165, 1.54) is 4.90 Å². The van der Waals surface area contributed by atoms with Gasteiger partial charge in [-0.1, -0.05) is 100 Å². The van der Waals surface area contributed by atoms with E-state index in [2.05, 4.69) is 29.1 Å². The van der Waals surface area contributed by atoms with E-state index in [-0.39, 0.29) is 29.7 Å². The van der Waals surface area contributed by atoms with E-state index in [1.807, 2.05) is 79.7 Å². The van der Waals surface area contributed by atoms with Crippen molar-refractivity contribution in [2.45, 2.75) is 48.4 Å². The highest BCUT2D eigenvalue weighted by atomic mass is 79.9. The first-order valence-corrected chi connectivity index (χ1v) is 17.4. The Morgan fingerprint density at radius 2 is 1.67 bits per heavy atom. The second kappa shape index (κ2) is 14.0. The number of para-hydroxylation sites is 2. The molecule has 1 N–H and O–H groups in total. The number of fused-ring (bicyclic) bond motifs is 1. The molecule has 48 heavy (non-hydrogen) atoms. The molecule has 0 aromatic heterocycles. The Balaban J connectivity index is 1.49. The molecule has 7 atom stereocenters. The van der Waals surface area contributed by atoms with Crippen LogP contribution in [-0.4, -0.2) is 76.0 Å². The minimum absolute atomic E-state index is 0.121. The van der Waals surface area contributed by atoms with Crippen molar-refractivity contribution in [1.29, 1.82) is 0 Å². The fourth-order valence-electron chi connectivity index (χ4n) is 7.93. The maximum absolute atomic E-state index is 15.2. The van der Waals surface area contributed by atoms with Crippen LogP contribution in [0.4, 0.5) is 11.4 Å². The fraction of sp³-hybridized carbons (Fsp3) is 0.342. The zero-order chi connectivity index (χ0) is 34.2. The van der Waals surface area contributed by atoms with Crippen LogP contribution >= 0.6 is 27.5 Å². The molecule has 3 fully saturated rings. The Labute approximate surface area is 294 Å². The quantitative estimate of drug-likeness (QED) is 0.190. The number of likely N-dealkylation sites (tertiary alicyclic amines) is 1. The van der Waals surface area contributed by atoms with Gasteiger partial charge in [-0.15, -0.1) is 13.2 Å². The minimum Gasteiger partial charge on any atom is -0.394 e. The van der Waals surface area contributed by atoms with Crippen LogP contribution in [0.3, 0.4) is 0 Å². The van der Waals surface area contributed by atoms with Crippen LogP contribution in [0.5, 0.6) is 0 Å². The number of halogens is 2. The smallest absolute Gasteiger partial charge is 0.253 e. The molecule has 3 aromatic rings. The Morgan fingerprint density at radius 3 is 2.29 bits per heavy atom. The molecular formula is C38H39BrClN3O5. The first kappa shape index (κ1) is 34.1. The predicted octanol–water partition coefficient (Wildman–Crippen LogP) is 5.74. The number of rotatable bonds is 12. The molecule has 10 heteroatoms. The van der Waals surface area contributed by atoms with E-state index in [4.69, 9.17) is 16.3 Å². The molecule has 3 aliphatic rings. The summed E-state index contributed by atoms with van der Waals surface area (Å²) in [5.74, 6) is -2.92. The van der Waals surface area contributed by atoms with Gasteiger partial charge in [0, 0.05) is 23.6 Å². The van der Waals surface area contributed by atoms with Gasteiger partial charge in [0.15, 0.2) is 0 Å². The van der Waals surface area contributed by atoms with Gasteiger partial charge >= 0.3 is 0 Å². The molecule has 3 saturated heterocycles. The molecule has 3 aromatic carbocycles. The van der Waals surface area contributed by atoms with Crippen LogP contribution < -0.4 is 9.80 Å². The van der Waals surface area contributed by atoms with Gasteiger partial charge in [-0.05, 0) is 49.1 Å². The van der Waals surface area contributed by atoms with Gasteiger partial charge in [-0.2, -0.15) is 0 Å². The summed E-state index contributed by atoms with van der Waals surface area (Å²) in [6.45, 7) is 9.60. The molecular weight excluding hydrogens is 694 g/mol. The summed E-state index contributed by atoms with van der Waals surface area (Å²) in [6, 6.07) is 22.3. The van der Waals surface area contributed by atoms with Gasteiger partial charge in [0.2, 0.25) is 11.8 Å². The Bertz CT molecular complexity index is 1690. The molecule has 8 nitrogen and oxygen atoms in total. The highest BCUT2D eigenvalue weighted by Gasteiger charge is 2.77. The van der Waals surface area contributed by atoms with Crippen LogP contribution in [-0.2, 0) is 25.5 Å². The van der Waals surface area contributed by atoms with Crippen molar-refractivity contribution < 1.29 is 24.2 Å². The predicted molar refractivity (Wildman–Crippen MR) is 191 cm³/mol. The molecule has 0 saturated carbocycles. The maximum Gasteiger partial charge on any atom is 0.253 e. The van der Waals surface area contributed by atoms with E-state index in [9.17, 15) is 14.7 Å². The van der Waals surface area contributed by atoms with E-state index >= 15 is 4.79 Å². The largest absolute Gasteiger partial charge is 0.394 e. The Kier molecular flexibility index (Phi) is 9.95. The highest BCUT2D eigenvalue weighted by molar-refractivity contribution is 9.09. The summed E-state index contributed by atoms with van der Waals surface area (Å²) in [4.78, 5) is 49.2. The number of aliphatic hydroxyl groups excluding tert-OH is 1. The van der Waals surface area contributed by atoms with Crippen molar-refractivity contribution in [2.24, 2.45) is 11.8 Å². The van der Waals surface area contributed by atoms with Crippen LogP contribution in [0.25, 0.3) is 0 Å². The van der Waals surface area contributed by atoms with Gasteiger partial charge in [-0.3, -0.25) is 14.4 Å². The van der Waals surface area contributed by atoms with Crippen molar-refractivity contribution >= 4 is 56.6 Å². The lowest BCUT2D eigenvalue weighted by atomic mass is 9.70. The van der Waals surface area contributed by atoms with Gasteiger partial charge < -0.3 is 24.5 Å². The number of aliphatic hydroxyl groups is 1. The molecule has 3 heterocycles. The van der Waals surface area contributed by atoms with Crippen LogP contribution in [0.15, 0.2) is 104 Å². The average Bonchev–Trinajstić information content (AvgIpc) is 3.69. The van der Waals surface area contributed by atoms with Crippen molar-refractivity contribution in [1.82, 2.24) is 4.90 Å².